The molecule has 0 fully saturated rings. The second-order valence-corrected chi connectivity index (χ2v) is 7.55. The van der Waals surface area contributed by atoms with Crippen molar-refractivity contribution in [1.29, 1.82) is 0 Å². The lowest BCUT2D eigenvalue weighted by molar-refractivity contribution is 0.112. The van der Waals surface area contributed by atoms with Gasteiger partial charge in [-0.2, -0.15) is 0 Å². The Labute approximate surface area is 142 Å². The van der Waals surface area contributed by atoms with Crippen molar-refractivity contribution in [3.8, 4) is 0 Å². The molecular formula is C20H36N2O. The minimum atomic E-state index is -0.472. The first-order chi connectivity index (χ1) is 10.9. The van der Waals surface area contributed by atoms with Crippen LogP contribution in [0.1, 0.15) is 65.0 Å². The third kappa shape index (κ3) is 8.50. The third-order valence-corrected chi connectivity index (χ3v) is 4.27. The van der Waals surface area contributed by atoms with E-state index in [-0.39, 0.29) is 12.1 Å². The molecule has 0 radical (unpaired) electrons. The first-order valence-corrected chi connectivity index (χ1v) is 9.12. The number of benzene rings is 1. The number of nitrogens with one attached hydrogen (secondary N) is 1. The van der Waals surface area contributed by atoms with Crippen molar-refractivity contribution in [2.45, 2.75) is 71.6 Å². The maximum absolute atomic E-state index is 10.5. The highest BCUT2D eigenvalue weighted by molar-refractivity contribution is 5.19. The summed E-state index contributed by atoms with van der Waals surface area (Å²) in [5.41, 5.74) is 7.39. The van der Waals surface area contributed by atoms with Gasteiger partial charge in [-0.05, 0) is 49.6 Å². The highest BCUT2D eigenvalue weighted by Crippen LogP contribution is 2.21. The minimum Gasteiger partial charge on any atom is -0.391 e. The molecule has 0 saturated heterocycles. The van der Waals surface area contributed by atoms with Gasteiger partial charge in [-0.25, -0.2) is 0 Å². The smallest absolute Gasteiger partial charge is 0.0709 e. The third-order valence-electron chi connectivity index (χ3n) is 4.27. The molecule has 1 aromatic carbocycles. The Balaban J connectivity index is 2.60. The Morgan fingerprint density at radius 1 is 1.00 bits per heavy atom. The van der Waals surface area contributed by atoms with Crippen LogP contribution in [0.25, 0.3) is 0 Å². The number of hydrogen-bond donors (Lipinski definition) is 3. The van der Waals surface area contributed by atoms with Crippen LogP contribution >= 0.6 is 0 Å². The molecule has 3 heteroatoms. The van der Waals surface area contributed by atoms with Crippen LogP contribution in [0.15, 0.2) is 30.3 Å². The molecule has 0 aromatic heterocycles. The standard InChI is InChI=1S/C20H36N2O/c1-15(2)9-8-12-22-19(17-10-6-5-7-11-17)14-20(23)18(21)13-16(3)4/h5-7,10-11,15-16,18-20,22-23H,8-9,12-14,21H2,1-4H3. The Morgan fingerprint density at radius 2 is 1.65 bits per heavy atom. The molecule has 3 nitrogen and oxygen atoms in total. The average molecular weight is 321 g/mol. The van der Waals surface area contributed by atoms with E-state index in [1.165, 1.54) is 12.0 Å². The van der Waals surface area contributed by atoms with Gasteiger partial charge in [-0.3, -0.25) is 0 Å². The van der Waals surface area contributed by atoms with Gasteiger partial charge in [-0.15, -0.1) is 0 Å². The van der Waals surface area contributed by atoms with Gasteiger partial charge in [0.15, 0.2) is 0 Å². The van der Waals surface area contributed by atoms with Crippen LogP contribution < -0.4 is 11.1 Å². The maximum Gasteiger partial charge on any atom is 0.0709 e. The number of rotatable bonds is 11. The molecule has 0 aliphatic carbocycles. The molecule has 0 aliphatic heterocycles. The molecule has 0 saturated carbocycles. The summed E-state index contributed by atoms with van der Waals surface area (Å²) >= 11 is 0. The topological polar surface area (TPSA) is 58.3 Å². The van der Waals surface area contributed by atoms with E-state index >= 15 is 0 Å². The summed E-state index contributed by atoms with van der Waals surface area (Å²) in [5.74, 6) is 1.24. The van der Waals surface area contributed by atoms with Gasteiger partial charge < -0.3 is 16.2 Å². The summed E-state index contributed by atoms with van der Waals surface area (Å²) in [6.45, 7) is 9.77. The van der Waals surface area contributed by atoms with Crippen molar-refractivity contribution in [3.05, 3.63) is 35.9 Å². The van der Waals surface area contributed by atoms with Gasteiger partial charge in [0, 0.05) is 12.1 Å². The highest BCUT2D eigenvalue weighted by Gasteiger charge is 2.21. The molecule has 3 unspecified atom stereocenters. The van der Waals surface area contributed by atoms with E-state index < -0.39 is 6.10 Å². The summed E-state index contributed by atoms with van der Waals surface area (Å²) in [7, 11) is 0. The number of aliphatic hydroxyl groups excluding tert-OH is 1. The second-order valence-electron chi connectivity index (χ2n) is 7.55. The first-order valence-electron chi connectivity index (χ1n) is 9.12. The van der Waals surface area contributed by atoms with E-state index in [0.29, 0.717) is 12.3 Å². The monoisotopic (exact) mass is 320 g/mol. The summed E-state index contributed by atoms with van der Waals surface area (Å²) in [6.07, 6.45) is 3.44. The van der Waals surface area contributed by atoms with Crippen molar-refractivity contribution in [1.82, 2.24) is 5.32 Å². The number of nitrogens with two attached hydrogens (primary N) is 1. The second kappa shape index (κ2) is 10.8. The Bertz CT molecular complexity index is 405. The molecule has 0 heterocycles. The summed E-state index contributed by atoms with van der Waals surface area (Å²) in [4.78, 5) is 0. The van der Waals surface area contributed by atoms with Gasteiger partial charge in [0.2, 0.25) is 0 Å². The van der Waals surface area contributed by atoms with Crippen LogP contribution in [0.4, 0.5) is 0 Å². The number of aliphatic hydroxyl groups is 1. The van der Waals surface area contributed by atoms with Crippen LogP contribution in [0, 0.1) is 11.8 Å². The summed E-state index contributed by atoms with van der Waals surface area (Å²) < 4.78 is 0. The molecule has 4 N–H and O–H groups in total. The van der Waals surface area contributed by atoms with E-state index in [9.17, 15) is 5.11 Å². The molecule has 0 spiro atoms. The molecule has 0 amide bonds. The largest absolute Gasteiger partial charge is 0.391 e. The Morgan fingerprint density at radius 3 is 2.22 bits per heavy atom. The van der Waals surface area contributed by atoms with E-state index in [1.807, 2.05) is 6.07 Å². The molecule has 132 valence electrons. The fourth-order valence-corrected chi connectivity index (χ4v) is 2.93. The van der Waals surface area contributed by atoms with Crippen molar-refractivity contribution in [2.24, 2.45) is 17.6 Å². The van der Waals surface area contributed by atoms with Gasteiger partial charge in [-0.1, -0.05) is 58.0 Å². The van der Waals surface area contributed by atoms with Gasteiger partial charge in [0.1, 0.15) is 0 Å². The van der Waals surface area contributed by atoms with Crippen molar-refractivity contribution in [2.75, 3.05) is 6.54 Å². The SMILES string of the molecule is CC(C)CCCNC(CC(O)C(N)CC(C)C)c1ccccc1. The molecule has 23 heavy (non-hydrogen) atoms. The molecule has 1 aromatic rings. The van der Waals surface area contributed by atoms with Gasteiger partial charge in [0.05, 0.1) is 6.10 Å². The highest BCUT2D eigenvalue weighted by atomic mass is 16.3. The quantitative estimate of drug-likeness (QED) is 0.542. The Kier molecular flexibility index (Phi) is 9.46. The van der Waals surface area contributed by atoms with Gasteiger partial charge in [0.25, 0.3) is 0 Å². The number of hydrogen-bond acceptors (Lipinski definition) is 3. The molecule has 3 atom stereocenters. The molecule has 0 aliphatic rings. The molecular weight excluding hydrogens is 284 g/mol. The van der Waals surface area contributed by atoms with Gasteiger partial charge >= 0.3 is 0 Å². The van der Waals surface area contributed by atoms with E-state index in [4.69, 9.17) is 5.73 Å². The lowest BCUT2D eigenvalue weighted by Crippen LogP contribution is -2.39. The van der Waals surface area contributed by atoms with Crippen molar-refractivity contribution >= 4 is 0 Å². The van der Waals surface area contributed by atoms with Crippen LogP contribution in [0.3, 0.4) is 0 Å². The van der Waals surface area contributed by atoms with Crippen LogP contribution in [0.2, 0.25) is 0 Å². The van der Waals surface area contributed by atoms with Crippen LogP contribution in [-0.2, 0) is 0 Å². The normalized spacial score (nSPS) is 15.8. The zero-order chi connectivity index (χ0) is 17.2. The minimum absolute atomic E-state index is 0.154. The molecule has 1 rings (SSSR count). The van der Waals surface area contributed by atoms with Crippen molar-refractivity contribution in [3.63, 3.8) is 0 Å². The summed E-state index contributed by atoms with van der Waals surface area (Å²) in [6, 6.07) is 10.4. The van der Waals surface area contributed by atoms with Crippen LogP contribution in [0.5, 0.6) is 0 Å². The van der Waals surface area contributed by atoms with E-state index in [0.717, 1.165) is 25.3 Å². The average Bonchev–Trinajstić information content (AvgIpc) is 2.50. The zero-order valence-corrected chi connectivity index (χ0v) is 15.3. The van der Waals surface area contributed by atoms with Crippen LogP contribution in [-0.4, -0.2) is 23.8 Å². The zero-order valence-electron chi connectivity index (χ0n) is 15.3. The fourth-order valence-electron chi connectivity index (χ4n) is 2.93. The molecule has 0 bridgehead atoms. The lowest BCUT2D eigenvalue weighted by atomic mass is 9.93. The Hall–Kier alpha value is -0.900. The van der Waals surface area contributed by atoms with Crippen molar-refractivity contribution < 1.29 is 5.11 Å². The predicted molar refractivity (Wildman–Crippen MR) is 99.3 cm³/mol. The predicted octanol–water partition coefficient (Wildman–Crippen LogP) is 3.88. The first kappa shape index (κ1) is 20.1. The lowest BCUT2D eigenvalue weighted by Gasteiger charge is -2.26. The van der Waals surface area contributed by atoms with E-state index in [2.05, 4.69) is 57.3 Å². The fraction of sp³-hybridized carbons (Fsp3) is 0.700. The maximum atomic E-state index is 10.5. The van der Waals surface area contributed by atoms with E-state index in [1.54, 1.807) is 0 Å². The summed E-state index contributed by atoms with van der Waals surface area (Å²) in [5, 5.41) is 14.1.